The number of aliphatic hydroxyl groups is 1. The summed E-state index contributed by atoms with van der Waals surface area (Å²) in [6.07, 6.45) is -1.65. The number of halogens is 2. The minimum Gasteiger partial charge on any atom is -0.378 e. The van der Waals surface area contributed by atoms with E-state index in [-0.39, 0.29) is 11.1 Å². The molecule has 33 heavy (non-hydrogen) atoms. The van der Waals surface area contributed by atoms with Crippen molar-refractivity contribution in [3.63, 3.8) is 0 Å². The molecule has 0 aromatic heterocycles. The predicted octanol–water partition coefficient (Wildman–Crippen LogP) is 3.37. The Morgan fingerprint density at radius 1 is 1.21 bits per heavy atom. The zero-order valence-electron chi connectivity index (χ0n) is 18.5. The maximum absolute atomic E-state index is 13.0. The lowest BCUT2D eigenvalue weighted by Gasteiger charge is -2.37. The fourth-order valence-corrected chi connectivity index (χ4v) is 3.86. The summed E-state index contributed by atoms with van der Waals surface area (Å²) in [6, 6.07) is 10.8. The minimum atomic E-state index is -2.65. The van der Waals surface area contributed by atoms with Crippen LogP contribution in [0.25, 0.3) is 0 Å². The molecule has 1 atom stereocenters. The van der Waals surface area contributed by atoms with E-state index >= 15 is 0 Å². The molecule has 7 nitrogen and oxygen atoms in total. The largest absolute Gasteiger partial charge is 0.378 e. The van der Waals surface area contributed by atoms with Gasteiger partial charge >= 0.3 is 0 Å². The fourth-order valence-electron chi connectivity index (χ4n) is 3.86. The number of aliphatic hydroxyl groups excluding tert-OH is 1. The van der Waals surface area contributed by atoms with E-state index in [0.717, 1.165) is 16.8 Å². The van der Waals surface area contributed by atoms with Gasteiger partial charge in [-0.3, -0.25) is 9.80 Å². The first-order valence-corrected chi connectivity index (χ1v) is 10.7. The molecule has 9 heteroatoms. The number of carbonyl (C=O) groups is 1. The van der Waals surface area contributed by atoms with E-state index in [0.29, 0.717) is 37.7 Å². The van der Waals surface area contributed by atoms with Gasteiger partial charge in [0, 0.05) is 42.5 Å². The molecule has 1 unspecified atom stereocenters. The number of amides is 1. The molecule has 1 fully saturated rings. The van der Waals surface area contributed by atoms with Crippen LogP contribution in [0.1, 0.15) is 33.5 Å². The fraction of sp³-hybridized carbons (Fsp3) is 0.333. The highest BCUT2D eigenvalue weighted by atomic mass is 19.3. The third-order valence-corrected chi connectivity index (χ3v) is 5.72. The zero-order chi connectivity index (χ0) is 23.5. The standard InChI is InChI=1S/C24H26F2N4O3/c1-15-6-7-18(27-23(31)17-5-3-4-16(12-17)22(25)26)13-19(15)20-14-21(24(32)29(2)28-20)30-8-10-33-11-9-30/h3-7,12-14,22,24,32H,8-11H2,1-2H3,(H,27,31). The molecule has 2 N–H and O–H groups in total. The van der Waals surface area contributed by atoms with Gasteiger partial charge in [0.1, 0.15) is 0 Å². The second-order valence-corrected chi connectivity index (χ2v) is 8.01. The van der Waals surface area contributed by atoms with Gasteiger partial charge < -0.3 is 20.1 Å². The minimum absolute atomic E-state index is 0.155. The third kappa shape index (κ3) is 5.04. The summed E-state index contributed by atoms with van der Waals surface area (Å²) in [5.74, 6) is -0.477. The number of ether oxygens (including phenoxy) is 1. The highest BCUT2D eigenvalue weighted by Gasteiger charge is 2.28. The summed E-state index contributed by atoms with van der Waals surface area (Å²) in [5, 5.41) is 19.4. The first kappa shape index (κ1) is 22.9. The lowest BCUT2D eigenvalue weighted by Crippen LogP contribution is -2.45. The maximum Gasteiger partial charge on any atom is 0.263 e. The number of carbonyl (C=O) groups excluding carboxylic acids is 1. The number of hydrogen-bond acceptors (Lipinski definition) is 6. The molecule has 0 radical (unpaired) electrons. The number of rotatable bonds is 5. The van der Waals surface area contributed by atoms with Crippen LogP contribution in [0.2, 0.25) is 0 Å². The highest BCUT2D eigenvalue weighted by molar-refractivity contribution is 6.11. The van der Waals surface area contributed by atoms with Crippen LogP contribution in [0.15, 0.2) is 59.3 Å². The summed E-state index contributed by atoms with van der Waals surface area (Å²) >= 11 is 0. The molecule has 0 saturated carbocycles. The van der Waals surface area contributed by atoms with Gasteiger partial charge in [-0.1, -0.05) is 18.2 Å². The van der Waals surface area contributed by atoms with E-state index in [1.54, 1.807) is 19.2 Å². The molecule has 4 rings (SSSR count). The van der Waals surface area contributed by atoms with E-state index in [1.807, 2.05) is 19.1 Å². The Morgan fingerprint density at radius 2 is 1.97 bits per heavy atom. The Labute approximate surface area is 191 Å². The van der Waals surface area contributed by atoms with Crippen molar-refractivity contribution in [2.75, 3.05) is 38.7 Å². The Bertz CT molecular complexity index is 1100. The Balaban J connectivity index is 1.60. The molecule has 2 aliphatic heterocycles. The van der Waals surface area contributed by atoms with Crippen LogP contribution in [0.4, 0.5) is 14.5 Å². The van der Waals surface area contributed by atoms with Gasteiger partial charge in [-0.15, -0.1) is 0 Å². The number of likely N-dealkylation sites (N-methyl/N-ethyl adjacent to an activating group) is 1. The van der Waals surface area contributed by atoms with Crippen molar-refractivity contribution in [2.24, 2.45) is 5.10 Å². The van der Waals surface area contributed by atoms with Crippen LogP contribution in [0.5, 0.6) is 0 Å². The molecule has 2 aromatic rings. The van der Waals surface area contributed by atoms with Gasteiger partial charge in [-0.2, -0.15) is 5.10 Å². The monoisotopic (exact) mass is 456 g/mol. The summed E-state index contributed by atoms with van der Waals surface area (Å²) in [7, 11) is 1.70. The molecule has 2 heterocycles. The van der Waals surface area contributed by atoms with Gasteiger partial charge in [0.25, 0.3) is 12.3 Å². The summed E-state index contributed by atoms with van der Waals surface area (Å²) in [4.78, 5) is 14.7. The van der Waals surface area contributed by atoms with Gasteiger partial charge in [0.15, 0.2) is 6.23 Å². The van der Waals surface area contributed by atoms with Crippen LogP contribution < -0.4 is 5.32 Å². The molecule has 1 amide bonds. The molecular formula is C24H26F2N4O3. The summed E-state index contributed by atoms with van der Waals surface area (Å²) in [5.41, 5.74) is 3.59. The first-order valence-electron chi connectivity index (χ1n) is 10.7. The normalized spacial score (nSPS) is 18.8. The second kappa shape index (κ2) is 9.68. The first-order chi connectivity index (χ1) is 15.8. The van der Waals surface area contributed by atoms with Crippen LogP contribution >= 0.6 is 0 Å². The van der Waals surface area contributed by atoms with Crippen molar-refractivity contribution in [3.05, 3.63) is 76.5 Å². The number of hydrogen-bond donors (Lipinski definition) is 2. The number of nitrogens with zero attached hydrogens (tertiary/aromatic N) is 3. The molecule has 0 bridgehead atoms. The average Bonchev–Trinajstić information content (AvgIpc) is 2.82. The second-order valence-electron chi connectivity index (χ2n) is 8.01. The molecule has 2 aromatic carbocycles. The Kier molecular flexibility index (Phi) is 6.71. The van der Waals surface area contributed by atoms with Crippen LogP contribution in [-0.2, 0) is 4.74 Å². The summed E-state index contributed by atoms with van der Waals surface area (Å²) in [6.45, 7) is 4.47. The van der Waals surface area contributed by atoms with Crippen molar-refractivity contribution in [1.29, 1.82) is 0 Å². The number of benzene rings is 2. The smallest absolute Gasteiger partial charge is 0.263 e. The predicted molar refractivity (Wildman–Crippen MR) is 121 cm³/mol. The lowest BCUT2D eigenvalue weighted by molar-refractivity contribution is -0.00175. The summed E-state index contributed by atoms with van der Waals surface area (Å²) < 4.78 is 31.4. The number of allylic oxidation sites excluding steroid dienone is 1. The molecule has 1 saturated heterocycles. The number of aryl methyl sites for hydroxylation is 1. The van der Waals surface area contributed by atoms with E-state index in [1.165, 1.54) is 29.3 Å². The lowest BCUT2D eigenvalue weighted by atomic mass is 10.0. The number of morpholine rings is 1. The number of alkyl halides is 2. The number of anilines is 1. The van der Waals surface area contributed by atoms with Gasteiger partial charge in [0.2, 0.25) is 0 Å². The van der Waals surface area contributed by atoms with E-state index in [2.05, 4.69) is 15.3 Å². The molecule has 0 spiro atoms. The number of nitrogens with one attached hydrogen (secondary N) is 1. The van der Waals surface area contributed by atoms with Gasteiger partial charge in [0.05, 0.1) is 24.6 Å². The van der Waals surface area contributed by atoms with Gasteiger partial charge in [-0.05, 0) is 42.8 Å². The maximum atomic E-state index is 13.0. The average molecular weight is 456 g/mol. The van der Waals surface area contributed by atoms with E-state index < -0.39 is 18.6 Å². The number of hydrazone groups is 1. The zero-order valence-corrected chi connectivity index (χ0v) is 18.5. The molecule has 2 aliphatic rings. The molecule has 174 valence electrons. The Morgan fingerprint density at radius 3 is 2.70 bits per heavy atom. The Hall–Kier alpha value is -3.30. The van der Waals surface area contributed by atoms with Crippen LogP contribution in [0.3, 0.4) is 0 Å². The van der Waals surface area contributed by atoms with Crippen molar-refractivity contribution in [2.45, 2.75) is 19.6 Å². The van der Waals surface area contributed by atoms with E-state index in [9.17, 15) is 18.7 Å². The van der Waals surface area contributed by atoms with Crippen molar-refractivity contribution in [1.82, 2.24) is 9.91 Å². The molecule has 0 aliphatic carbocycles. The SMILES string of the molecule is Cc1ccc(NC(=O)c2cccc(C(F)F)c2)cc1C1=NN(C)C(O)C(N2CCOCC2)=C1. The van der Waals surface area contributed by atoms with E-state index in [4.69, 9.17) is 4.74 Å². The highest BCUT2D eigenvalue weighted by Crippen LogP contribution is 2.25. The van der Waals surface area contributed by atoms with Crippen molar-refractivity contribution < 1.29 is 23.4 Å². The van der Waals surface area contributed by atoms with Crippen molar-refractivity contribution >= 4 is 17.3 Å². The quantitative estimate of drug-likeness (QED) is 0.722. The van der Waals surface area contributed by atoms with Gasteiger partial charge in [-0.25, -0.2) is 8.78 Å². The van der Waals surface area contributed by atoms with Crippen LogP contribution in [-0.4, -0.2) is 66.2 Å². The van der Waals surface area contributed by atoms with Crippen molar-refractivity contribution in [3.8, 4) is 0 Å². The third-order valence-electron chi connectivity index (χ3n) is 5.72. The van der Waals surface area contributed by atoms with Crippen LogP contribution in [0, 0.1) is 6.92 Å². The topological polar surface area (TPSA) is 77.4 Å². The molecular weight excluding hydrogens is 430 g/mol.